The smallest absolute Gasteiger partial charge is 0.308 e. The van der Waals surface area contributed by atoms with Gasteiger partial charge in [-0.05, 0) is 38.0 Å². The third-order valence-electron chi connectivity index (χ3n) is 3.16. The van der Waals surface area contributed by atoms with Crippen molar-refractivity contribution < 1.29 is 14.7 Å². The molecular formula is C14H17Cl2NO3. The number of hydrogen-bond donors (Lipinski definition) is 2. The number of aryl methyl sites for hydroxylation is 1. The summed E-state index contributed by atoms with van der Waals surface area (Å²) in [6.45, 7) is 3.23. The van der Waals surface area contributed by atoms with Gasteiger partial charge in [0.15, 0.2) is 0 Å². The van der Waals surface area contributed by atoms with Crippen molar-refractivity contribution in [1.29, 1.82) is 0 Å². The van der Waals surface area contributed by atoms with Crippen LogP contribution in [0.2, 0.25) is 10.0 Å². The van der Waals surface area contributed by atoms with E-state index in [-0.39, 0.29) is 12.3 Å². The summed E-state index contributed by atoms with van der Waals surface area (Å²) < 4.78 is 0. The van der Waals surface area contributed by atoms with E-state index in [1.54, 1.807) is 32.0 Å². The van der Waals surface area contributed by atoms with Crippen molar-refractivity contribution in [3.05, 3.63) is 33.8 Å². The van der Waals surface area contributed by atoms with Crippen LogP contribution in [0.1, 0.15) is 25.8 Å². The summed E-state index contributed by atoms with van der Waals surface area (Å²) in [5.74, 6) is -1.76. The van der Waals surface area contributed by atoms with Gasteiger partial charge >= 0.3 is 5.97 Å². The van der Waals surface area contributed by atoms with E-state index in [1.165, 1.54) is 0 Å². The zero-order valence-electron chi connectivity index (χ0n) is 11.3. The Hall–Kier alpha value is -1.26. The zero-order chi connectivity index (χ0) is 15.3. The first-order chi connectivity index (χ1) is 9.31. The molecule has 6 heteroatoms. The molecule has 0 fully saturated rings. The van der Waals surface area contributed by atoms with Crippen LogP contribution in [0.15, 0.2) is 18.2 Å². The van der Waals surface area contributed by atoms with Crippen LogP contribution in [0.5, 0.6) is 0 Å². The van der Waals surface area contributed by atoms with E-state index < -0.39 is 17.9 Å². The maximum Gasteiger partial charge on any atom is 0.308 e. The van der Waals surface area contributed by atoms with Crippen LogP contribution in [-0.4, -0.2) is 23.0 Å². The molecular weight excluding hydrogens is 301 g/mol. The summed E-state index contributed by atoms with van der Waals surface area (Å²) in [5.41, 5.74) is 0.838. The van der Waals surface area contributed by atoms with E-state index in [9.17, 15) is 9.59 Å². The van der Waals surface area contributed by atoms with Crippen molar-refractivity contribution in [2.45, 2.75) is 32.7 Å². The number of carboxylic acid groups (broad SMARTS) is 1. The Labute approximate surface area is 128 Å². The van der Waals surface area contributed by atoms with Crippen LogP contribution < -0.4 is 5.32 Å². The Morgan fingerprint density at radius 3 is 2.50 bits per heavy atom. The molecule has 0 heterocycles. The first-order valence-corrected chi connectivity index (χ1v) is 7.03. The molecule has 0 bridgehead atoms. The molecule has 20 heavy (non-hydrogen) atoms. The van der Waals surface area contributed by atoms with Gasteiger partial charge in [-0.15, -0.1) is 0 Å². The minimum Gasteiger partial charge on any atom is -0.481 e. The molecule has 0 aliphatic heterocycles. The summed E-state index contributed by atoms with van der Waals surface area (Å²) >= 11 is 11.8. The summed E-state index contributed by atoms with van der Waals surface area (Å²) in [6, 6.07) is 4.71. The minimum atomic E-state index is -0.932. The van der Waals surface area contributed by atoms with Crippen LogP contribution in [-0.2, 0) is 16.0 Å². The number of carboxylic acids is 1. The normalized spacial score (nSPS) is 13.6. The highest BCUT2D eigenvalue weighted by Gasteiger charge is 2.20. The van der Waals surface area contributed by atoms with Crippen molar-refractivity contribution in [3.8, 4) is 0 Å². The topological polar surface area (TPSA) is 66.4 Å². The van der Waals surface area contributed by atoms with E-state index in [4.69, 9.17) is 28.3 Å². The molecule has 1 aromatic rings. The number of halogens is 2. The minimum absolute atomic E-state index is 0.198. The summed E-state index contributed by atoms with van der Waals surface area (Å²) in [7, 11) is 0. The zero-order valence-corrected chi connectivity index (χ0v) is 12.8. The van der Waals surface area contributed by atoms with Gasteiger partial charge in [-0.25, -0.2) is 0 Å². The lowest BCUT2D eigenvalue weighted by Gasteiger charge is -2.17. The second-order valence-electron chi connectivity index (χ2n) is 4.72. The van der Waals surface area contributed by atoms with Gasteiger partial charge in [-0.3, -0.25) is 9.59 Å². The second kappa shape index (κ2) is 7.50. The number of hydrogen-bond acceptors (Lipinski definition) is 2. The van der Waals surface area contributed by atoms with Crippen molar-refractivity contribution in [2.75, 3.05) is 0 Å². The average molecular weight is 318 g/mol. The predicted octanol–water partition coefficient (Wildman–Crippen LogP) is 3.15. The van der Waals surface area contributed by atoms with Crippen LogP contribution in [0.4, 0.5) is 0 Å². The average Bonchev–Trinajstić information content (AvgIpc) is 2.36. The third kappa shape index (κ3) is 5.02. The standard InChI is InChI=1S/C14H17Cl2NO3/c1-8(14(19)20)9(2)17-13(18)6-4-10-3-5-11(15)7-12(10)16/h3,5,7-9H,4,6H2,1-2H3,(H,17,18)(H,19,20). The number of amides is 1. The Morgan fingerprint density at radius 2 is 1.95 bits per heavy atom. The van der Waals surface area contributed by atoms with Gasteiger partial charge in [0.05, 0.1) is 5.92 Å². The number of aliphatic carboxylic acids is 1. The van der Waals surface area contributed by atoms with Crippen LogP contribution in [0.3, 0.4) is 0 Å². The molecule has 1 rings (SSSR count). The highest BCUT2D eigenvalue weighted by Crippen LogP contribution is 2.22. The summed E-state index contributed by atoms with van der Waals surface area (Å²) in [6.07, 6.45) is 0.730. The number of benzene rings is 1. The molecule has 2 unspecified atom stereocenters. The Morgan fingerprint density at radius 1 is 1.30 bits per heavy atom. The fraction of sp³-hybridized carbons (Fsp3) is 0.429. The molecule has 1 amide bonds. The number of carbonyl (C=O) groups is 2. The Bertz CT molecular complexity index is 505. The summed E-state index contributed by atoms with van der Waals surface area (Å²) in [5, 5.41) is 12.6. The Balaban J connectivity index is 2.49. The fourth-order valence-corrected chi connectivity index (χ4v) is 2.14. The van der Waals surface area contributed by atoms with Crippen molar-refractivity contribution in [3.63, 3.8) is 0 Å². The highest BCUT2D eigenvalue weighted by atomic mass is 35.5. The molecule has 2 N–H and O–H groups in total. The molecule has 1 aromatic carbocycles. The maximum absolute atomic E-state index is 11.8. The molecule has 0 aliphatic carbocycles. The highest BCUT2D eigenvalue weighted by molar-refractivity contribution is 6.35. The van der Waals surface area contributed by atoms with Gasteiger partial charge in [-0.2, -0.15) is 0 Å². The fourth-order valence-electron chi connectivity index (χ4n) is 1.64. The third-order valence-corrected chi connectivity index (χ3v) is 3.75. The summed E-state index contributed by atoms with van der Waals surface area (Å²) in [4.78, 5) is 22.6. The molecule has 2 atom stereocenters. The van der Waals surface area contributed by atoms with Crippen molar-refractivity contribution in [2.24, 2.45) is 5.92 Å². The predicted molar refractivity (Wildman–Crippen MR) is 79.2 cm³/mol. The molecule has 0 radical (unpaired) electrons. The molecule has 0 aliphatic rings. The van der Waals surface area contributed by atoms with Gasteiger partial charge in [-0.1, -0.05) is 29.3 Å². The lowest BCUT2D eigenvalue weighted by Crippen LogP contribution is -2.40. The van der Waals surface area contributed by atoms with E-state index >= 15 is 0 Å². The molecule has 0 saturated carbocycles. The van der Waals surface area contributed by atoms with Gasteiger partial charge < -0.3 is 10.4 Å². The second-order valence-corrected chi connectivity index (χ2v) is 5.56. The molecule has 0 aromatic heterocycles. The van der Waals surface area contributed by atoms with Gasteiger partial charge in [0.1, 0.15) is 0 Å². The molecule has 0 spiro atoms. The monoisotopic (exact) mass is 317 g/mol. The first kappa shape index (κ1) is 16.8. The van der Waals surface area contributed by atoms with Gasteiger partial charge in [0.2, 0.25) is 5.91 Å². The largest absolute Gasteiger partial charge is 0.481 e. The quantitative estimate of drug-likeness (QED) is 0.847. The van der Waals surface area contributed by atoms with E-state index in [2.05, 4.69) is 5.32 Å². The number of nitrogens with one attached hydrogen (secondary N) is 1. The van der Waals surface area contributed by atoms with Crippen LogP contribution >= 0.6 is 23.2 Å². The van der Waals surface area contributed by atoms with Crippen LogP contribution in [0.25, 0.3) is 0 Å². The van der Waals surface area contributed by atoms with E-state index in [0.717, 1.165) is 5.56 Å². The molecule has 0 saturated heterocycles. The van der Waals surface area contributed by atoms with Crippen molar-refractivity contribution in [1.82, 2.24) is 5.32 Å². The molecule has 4 nitrogen and oxygen atoms in total. The lowest BCUT2D eigenvalue weighted by atomic mass is 10.0. The van der Waals surface area contributed by atoms with Gasteiger partial charge in [0.25, 0.3) is 0 Å². The molecule has 110 valence electrons. The number of rotatable bonds is 6. The Kier molecular flexibility index (Phi) is 6.30. The van der Waals surface area contributed by atoms with Crippen molar-refractivity contribution >= 4 is 35.1 Å². The lowest BCUT2D eigenvalue weighted by molar-refractivity contribution is -0.142. The van der Waals surface area contributed by atoms with Crippen LogP contribution in [0, 0.1) is 5.92 Å². The van der Waals surface area contributed by atoms with E-state index in [0.29, 0.717) is 16.5 Å². The van der Waals surface area contributed by atoms with Gasteiger partial charge in [0, 0.05) is 22.5 Å². The first-order valence-electron chi connectivity index (χ1n) is 6.27. The SMILES string of the molecule is CC(NC(=O)CCc1ccc(Cl)cc1Cl)C(C)C(=O)O. The maximum atomic E-state index is 11.8. The number of carbonyl (C=O) groups excluding carboxylic acids is 1. The van der Waals surface area contributed by atoms with E-state index in [1.807, 2.05) is 0 Å².